The lowest BCUT2D eigenvalue weighted by Gasteiger charge is -2.42. The number of rotatable bonds is 10. The quantitative estimate of drug-likeness (QED) is 0.336. The predicted molar refractivity (Wildman–Crippen MR) is 138 cm³/mol. The van der Waals surface area contributed by atoms with Gasteiger partial charge in [-0.05, 0) is 58.4 Å². The van der Waals surface area contributed by atoms with Gasteiger partial charge in [0.05, 0.1) is 18.5 Å². The predicted octanol–water partition coefficient (Wildman–Crippen LogP) is 3.95. The zero-order valence-electron chi connectivity index (χ0n) is 21.0. The molecule has 1 aromatic carbocycles. The van der Waals surface area contributed by atoms with Gasteiger partial charge in [0.1, 0.15) is 0 Å². The number of pyridine rings is 1. The first-order valence-corrected chi connectivity index (χ1v) is 12.8. The summed E-state index contributed by atoms with van der Waals surface area (Å²) in [6, 6.07) is 9.55. The summed E-state index contributed by atoms with van der Waals surface area (Å²) in [5.74, 6) is -0.565. The normalized spacial score (nSPS) is 19.0. The Morgan fingerprint density at radius 3 is 2.62 bits per heavy atom. The largest absolute Gasteiger partial charge is 0.481 e. The highest BCUT2D eigenvalue weighted by atomic mass is 16.4. The monoisotopic (exact) mass is 501 g/mol. The Bertz CT molecular complexity index is 1420. The minimum atomic E-state index is -0.830. The number of unbranched alkanes of at least 4 members (excludes halogenated alkanes) is 1. The summed E-state index contributed by atoms with van der Waals surface area (Å²) in [6.45, 7) is 4.54. The van der Waals surface area contributed by atoms with Gasteiger partial charge in [-0.1, -0.05) is 51.0 Å². The minimum Gasteiger partial charge on any atom is -0.481 e. The molecule has 3 aromatic heterocycles. The van der Waals surface area contributed by atoms with E-state index in [1.807, 2.05) is 36.5 Å². The summed E-state index contributed by atoms with van der Waals surface area (Å²) in [5.41, 5.74) is 4.55. The molecule has 2 N–H and O–H groups in total. The lowest BCUT2D eigenvalue weighted by atomic mass is 9.68. The zero-order valence-corrected chi connectivity index (χ0v) is 21.0. The third-order valence-electron chi connectivity index (χ3n) is 7.53. The number of imidazole rings is 1. The number of nitrogens with zero attached hydrogens (tertiary/aromatic N) is 6. The Morgan fingerprint density at radius 2 is 1.95 bits per heavy atom. The van der Waals surface area contributed by atoms with Crippen LogP contribution < -0.4 is 5.69 Å². The van der Waals surface area contributed by atoms with Crippen LogP contribution in [0.15, 0.2) is 53.7 Å². The van der Waals surface area contributed by atoms with Gasteiger partial charge in [-0.25, -0.2) is 9.89 Å². The molecule has 10 heteroatoms. The third kappa shape index (κ3) is 4.71. The summed E-state index contributed by atoms with van der Waals surface area (Å²) in [7, 11) is 0. The molecule has 0 radical (unpaired) electrons. The Morgan fingerprint density at radius 1 is 1.16 bits per heavy atom. The number of carboxylic acids is 1. The first kappa shape index (κ1) is 24.6. The van der Waals surface area contributed by atoms with E-state index in [1.165, 1.54) is 0 Å². The van der Waals surface area contributed by atoms with Crippen LogP contribution in [0.25, 0.3) is 22.5 Å². The number of aromatic nitrogens is 7. The molecule has 1 saturated carbocycles. The van der Waals surface area contributed by atoms with Crippen molar-refractivity contribution in [1.29, 1.82) is 0 Å². The number of benzene rings is 1. The van der Waals surface area contributed by atoms with Gasteiger partial charge in [0.25, 0.3) is 0 Å². The van der Waals surface area contributed by atoms with Crippen LogP contribution in [0.1, 0.15) is 56.8 Å². The van der Waals surface area contributed by atoms with Crippen molar-refractivity contribution in [1.82, 2.24) is 34.7 Å². The highest BCUT2D eigenvalue weighted by Crippen LogP contribution is 2.45. The van der Waals surface area contributed by atoms with E-state index < -0.39 is 11.9 Å². The van der Waals surface area contributed by atoms with E-state index in [-0.39, 0.29) is 17.6 Å². The molecule has 192 valence electrons. The maximum Gasteiger partial charge on any atom is 0.328 e. The number of aromatic amines is 1. The molecule has 0 amide bonds. The molecule has 0 saturated heterocycles. The van der Waals surface area contributed by atoms with Crippen LogP contribution >= 0.6 is 0 Å². The van der Waals surface area contributed by atoms with Crippen molar-refractivity contribution >= 4 is 5.97 Å². The minimum absolute atomic E-state index is 0.150. The van der Waals surface area contributed by atoms with Crippen molar-refractivity contribution in [2.45, 2.75) is 58.5 Å². The molecule has 0 spiro atoms. The molecule has 3 heterocycles. The Balaban J connectivity index is 1.50. The highest BCUT2D eigenvalue weighted by Gasteiger charge is 2.46. The number of hydrogen-bond donors (Lipinski definition) is 2. The van der Waals surface area contributed by atoms with Crippen LogP contribution in [-0.2, 0) is 17.8 Å². The summed E-state index contributed by atoms with van der Waals surface area (Å²) >= 11 is 0. The smallest absolute Gasteiger partial charge is 0.328 e. The fraction of sp³-hybridized carbons (Fsp3) is 0.407. The van der Waals surface area contributed by atoms with Crippen LogP contribution in [0.3, 0.4) is 0 Å². The third-order valence-corrected chi connectivity index (χ3v) is 7.53. The molecule has 1 aliphatic rings. The first-order chi connectivity index (χ1) is 18.0. The maximum atomic E-state index is 13.7. The standard InChI is InChI=1S/C27H31N7O3/c1-3-5-6-21-16-34(24-17(4-2)13-23(24)26(35)36)27(37)33(21)15-20-14-28-12-11-22(20)18-7-9-19(10-8-18)25-29-31-32-30-25/h7-12,14,16-17,23-24H,3-6,13,15H2,1-2H3,(H,35,36)(H,29,30,31,32). The van der Waals surface area contributed by atoms with Gasteiger partial charge in [0, 0.05) is 29.8 Å². The number of nitrogens with one attached hydrogen (secondary N) is 1. The molecule has 3 atom stereocenters. The fourth-order valence-corrected chi connectivity index (χ4v) is 5.40. The number of carboxylic acid groups (broad SMARTS) is 1. The number of aliphatic carboxylic acids is 1. The topological polar surface area (TPSA) is 132 Å². The van der Waals surface area contributed by atoms with E-state index in [9.17, 15) is 14.7 Å². The van der Waals surface area contributed by atoms with Gasteiger partial charge in [-0.15, -0.1) is 5.10 Å². The molecule has 37 heavy (non-hydrogen) atoms. The van der Waals surface area contributed by atoms with Gasteiger partial charge in [-0.2, -0.15) is 0 Å². The Kier molecular flexibility index (Phi) is 6.98. The van der Waals surface area contributed by atoms with E-state index in [0.717, 1.165) is 53.6 Å². The van der Waals surface area contributed by atoms with E-state index in [2.05, 4.69) is 39.5 Å². The molecule has 4 aromatic rings. The van der Waals surface area contributed by atoms with Gasteiger partial charge in [-0.3, -0.25) is 18.9 Å². The SMILES string of the molecule is CCCCc1cn(C2C(CC)CC2C(=O)O)c(=O)n1Cc1cnccc1-c1ccc(-c2nnn[nH]2)cc1. The molecular weight excluding hydrogens is 470 g/mol. The molecular formula is C27H31N7O3. The molecule has 0 bridgehead atoms. The summed E-state index contributed by atoms with van der Waals surface area (Å²) < 4.78 is 3.49. The Hall–Kier alpha value is -4.08. The second-order valence-corrected chi connectivity index (χ2v) is 9.70. The van der Waals surface area contributed by atoms with Crippen molar-refractivity contribution in [3.63, 3.8) is 0 Å². The van der Waals surface area contributed by atoms with Crippen LogP contribution in [0, 0.1) is 11.8 Å². The molecule has 10 nitrogen and oxygen atoms in total. The van der Waals surface area contributed by atoms with E-state index >= 15 is 0 Å². The zero-order chi connectivity index (χ0) is 25.9. The molecule has 3 unspecified atom stereocenters. The van der Waals surface area contributed by atoms with Crippen LogP contribution in [-0.4, -0.2) is 45.8 Å². The molecule has 5 rings (SSSR count). The Labute approximate surface area is 214 Å². The first-order valence-electron chi connectivity index (χ1n) is 12.8. The van der Waals surface area contributed by atoms with Crippen LogP contribution in [0.2, 0.25) is 0 Å². The lowest BCUT2D eigenvalue weighted by molar-refractivity contribution is -0.150. The van der Waals surface area contributed by atoms with Crippen molar-refractivity contribution < 1.29 is 9.90 Å². The maximum absolute atomic E-state index is 13.7. The van der Waals surface area contributed by atoms with Gasteiger partial charge < -0.3 is 5.11 Å². The van der Waals surface area contributed by atoms with Crippen molar-refractivity contribution in [3.8, 4) is 22.5 Å². The van der Waals surface area contributed by atoms with E-state index in [1.54, 1.807) is 21.5 Å². The number of aryl methyl sites for hydroxylation is 1. The number of H-pyrrole nitrogens is 1. The number of carbonyl (C=O) groups is 1. The van der Waals surface area contributed by atoms with Crippen molar-refractivity contribution in [2.24, 2.45) is 11.8 Å². The van der Waals surface area contributed by atoms with Gasteiger partial charge >= 0.3 is 11.7 Å². The second-order valence-electron chi connectivity index (χ2n) is 9.70. The second kappa shape index (κ2) is 10.5. The summed E-state index contributed by atoms with van der Waals surface area (Å²) in [5, 5.41) is 23.7. The van der Waals surface area contributed by atoms with Crippen LogP contribution in [0.4, 0.5) is 0 Å². The average Bonchev–Trinajstić information content (AvgIpc) is 3.53. The van der Waals surface area contributed by atoms with Crippen LogP contribution in [0.5, 0.6) is 0 Å². The summed E-state index contributed by atoms with van der Waals surface area (Å²) in [4.78, 5) is 29.9. The number of tetrazole rings is 1. The van der Waals surface area contributed by atoms with Gasteiger partial charge in [0.15, 0.2) is 5.82 Å². The average molecular weight is 502 g/mol. The van der Waals surface area contributed by atoms with Crippen molar-refractivity contribution in [2.75, 3.05) is 0 Å². The number of hydrogen-bond acceptors (Lipinski definition) is 6. The molecule has 1 fully saturated rings. The van der Waals surface area contributed by atoms with Gasteiger partial charge in [0.2, 0.25) is 0 Å². The van der Waals surface area contributed by atoms with E-state index in [0.29, 0.717) is 18.8 Å². The van der Waals surface area contributed by atoms with Crippen molar-refractivity contribution in [3.05, 3.63) is 70.7 Å². The molecule has 0 aliphatic heterocycles. The fourth-order valence-electron chi connectivity index (χ4n) is 5.40. The van der Waals surface area contributed by atoms with E-state index in [4.69, 9.17) is 0 Å². The molecule has 1 aliphatic carbocycles. The lowest BCUT2D eigenvalue weighted by Crippen LogP contribution is -2.46. The summed E-state index contributed by atoms with van der Waals surface area (Å²) in [6.07, 6.45) is 9.63. The highest BCUT2D eigenvalue weighted by molar-refractivity contribution is 5.72.